The summed E-state index contributed by atoms with van der Waals surface area (Å²) in [5.41, 5.74) is 1.80. The number of nitrogens with zero attached hydrogens (tertiary/aromatic N) is 2. The average molecular weight is 337 g/mol. The fourth-order valence-corrected chi connectivity index (χ4v) is 3.87. The highest BCUT2D eigenvalue weighted by Gasteiger charge is 2.28. The van der Waals surface area contributed by atoms with Crippen LogP contribution >= 0.6 is 0 Å². The van der Waals surface area contributed by atoms with Gasteiger partial charge in [0.2, 0.25) is 15.9 Å². The molecule has 1 aliphatic rings. The molecule has 1 aliphatic heterocycles. The lowest BCUT2D eigenvalue weighted by atomic mass is 10.2. The number of amides is 1. The Balaban J connectivity index is 1.86. The molecule has 126 valence electrons. The number of benzene rings is 1. The number of likely N-dealkylation sites (N-methyl/N-ethyl adjacent to an activating group) is 1. The Bertz CT molecular complexity index is 684. The Hall–Kier alpha value is -1.86. The summed E-state index contributed by atoms with van der Waals surface area (Å²) < 4.78 is 26.3. The van der Waals surface area contributed by atoms with Gasteiger partial charge in [0.25, 0.3) is 0 Å². The van der Waals surface area contributed by atoms with E-state index < -0.39 is 10.0 Å². The third kappa shape index (κ3) is 4.80. The van der Waals surface area contributed by atoms with E-state index in [9.17, 15) is 13.2 Å². The largest absolute Gasteiger partial charge is 0.351 e. The van der Waals surface area contributed by atoms with Crippen molar-refractivity contribution in [3.8, 4) is 0 Å². The van der Waals surface area contributed by atoms with Crippen LogP contribution in [0.2, 0.25) is 0 Å². The van der Waals surface area contributed by atoms with Crippen LogP contribution in [0.15, 0.2) is 36.4 Å². The maximum absolute atomic E-state index is 12.4. The first-order valence-electron chi connectivity index (χ1n) is 7.57. The van der Waals surface area contributed by atoms with Crippen LogP contribution in [0.3, 0.4) is 0 Å². The van der Waals surface area contributed by atoms with Crippen molar-refractivity contribution in [2.24, 2.45) is 0 Å². The maximum Gasteiger partial charge on any atom is 0.243 e. The summed E-state index contributed by atoms with van der Waals surface area (Å²) >= 11 is 0. The molecular weight excluding hydrogens is 314 g/mol. The number of carbonyl (C=O) groups is 1. The molecule has 0 spiro atoms. The molecule has 0 saturated heterocycles. The summed E-state index contributed by atoms with van der Waals surface area (Å²) in [5, 5.41) is 2.61. The minimum Gasteiger partial charge on any atom is -0.351 e. The lowest BCUT2D eigenvalue weighted by molar-refractivity contribution is -0.116. The number of nitrogens with one attached hydrogen (secondary N) is 1. The predicted molar refractivity (Wildman–Crippen MR) is 92.0 cm³/mol. The standard InChI is InChI=1S/C16H23N3O3S/c1-18(2)11-5-8-16(20)17-10-13-23(21,22)19-12-9-14-6-3-4-7-15(14)19/h3-8H,9-13H2,1-2H3,(H,17,20)/b8-5+. The van der Waals surface area contributed by atoms with E-state index in [0.717, 1.165) is 17.7 Å². The number of hydrogen-bond donors (Lipinski definition) is 1. The first-order valence-corrected chi connectivity index (χ1v) is 9.18. The predicted octanol–water partition coefficient (Wildman–Crippen LogP) is 0.613. The summed E-state index contributed by atoms with van der Waals surface area (Å²) in [5.74, 6) is -0.377. The Morgan fingerprint density at radius 3 is 2.83 bits per heavy atom. The first-order chi connectivity index (χ1) is 10.9. The molecule has 6 nitrogen and oxygen atoms in total. The van der Waals surface area contributed by atoms with E-state index in [1.807, 2.05) is 43.3 Å². The second-order valence-corrected chi connectivity index (χ2v) is 7.74. The number of sulfonamides is 1. The van der Waals surface area contributed by atoms with Crippen LogP contribution < -0.4 is 9.62 Å². The van der Waals surface area contributed by atoms with Crippen LogP contribution in [-0.4, -0.2) is 58.7 Å². The van der Waals surface area contributed by atoms with Crippen LogP contribution in [0, 0.1) is 0 Å². The fraction of sp³-hybridized carbons (Fsp3) is 0.438. The van der Waals surface area contributed by atoms with Crippen molar-refractivity contribution >= 4 is 21.6 Å². The highest BCUT2D eigenvalue weighted by atomic mass is 32.2. The summed E-state index contributed by atoms with van der Waals surface area (Å²) in [4.78, 5) is 13.5. The number of hydrogen-bond acceptors (Lipinski definition) is 4. The Kier molecular flexibility index (Phi) is 5.79. The Labute approximate surface area is 137 Å². The van der Waals surface area contributed by atoms with Gasteiger partial charge in [-0.25, -0.2) is 8.42 Å². The molecule has 1 N–H and O–H groups in total. The maximum atomic E-state index is 12.4. The van der Waals surface area contributed by atoms with Gasteiger partial charge in [0.05, 0.1) is 11.4 Å². The molecule has 0 unspecified atom stereocenters. The quantitative estimate of drug-likeness (QED) is 0.740. The van der Waals surface area contributed by atoms with Gasteiger partial charge in [-0.2, -0.15) is 0 Å². The van der Waals surface area contributed by atoms with Gasteiger partial charge < -0.3 is 10.2 Å². The summed E-state index contributed by atoms with van der Waals surface area (Å²) in [6, 6.07) is 7.52. The molecule has 0 saturated carbocycles. The normalized spacial score (nSPS) is 14.5. The molecule has 1 aromatic rings. The summed E-state index contributed by atoms with van der Waals surface area (Å²) in [6.45, 7) is 1.24. The Morgan fingerprint density at radius 2 is 2.09 bits per heavy atom. The van der Waals surface area contributed by atoms with Gasteiger partial charge in [0, 0.05) is 25.7 Å². The van der Waals surface area contributed by atoms with Crippen LogP contribution in [0.5, 0.6) is 0 Å². The van der Waals surface area contributed by atoms with Gasteiger partial charge in [0.1, 0.15) is 0 Å². The van der Waals surface area contributed by atoms with Gasteiger partial charge in [-0.05, 0) is 32.1 Å². The van der Waals surface area contributed by atoms with Crippen LogP contribution in [-0.2, 0) is 21.2 Å². The fourth-order valence-electron chi connectivity index (χ4n) is 2.44. The molecule has 0 bridgehead atoms. The van der Waals surface area contributed by atoms with Gasteiger partial charge in [-0.3, -0.25) is 9.10 Å². The first kappa shape index (κ1) is 17.5. The van der Waals surface area contributed by atoms with Crippen molar-refractivity contribution < 1.29 is 13.2 Å². The van der Waals surface area contributed by atoms with Crippen LogP contribution in [0.1, 0.15) is 5.56 Å². The number of carbonyl (C=O) groups excluding carboxylic acids is 1. The number of rotatable bonds is 7. The monoisotopic (exact) mass is 337 g/mol. The van der Waals surface area contributed by atoms with Crippen LogP contribution in [0.25, 0.3) is 0 Å². The van der Waals surface area contributed by atoms with E-state index in [1.54, 1.807) is 6.08 Å². The minimum atomic E-state index is -3.42. The number of para-hydroxylation sites is 1. The molecule has 1 amide bonds. The molecule has 23 heavy (non-hydrogen) atoms. The van der Waals surface area contributed by atoms with Gasteiger partial charge in [0.15, 0.2) is 0 Å². The SMILES string of the molecule is CN(C)C/C=C/C(=O)NCCS(=O)(=O)N1CCc2ccccc21. The van der Waals surface area contributed by atoms with Crippen molar-refractivity contribution in [2.45, 2.75) is 6.42 Å². The highest BCUT2D eigenvalue weighted by molar-refractivity contribution is 7.92. The molecule has 0 aliphatic carbocycles. The van der Waals surface area contributed by atoms with Gasteiger partial charge in [-0.1, -0.05) is 24.3 Å². The third-order valence-corrected chi connectivity index (χ3v) is 5.35. The molecular formula is C16H23N3O3S. The topological polar surface area (TPSA) is 69.7 Å². The molecule has 1 aromatic carbocycles. The third-order valence-electron chi connectivity index (χ3n) is 3.58. The highest BCUT2D eigenvalue weighted by Crippen LogP contribution is 2.29. The number of anilines is 1. The van der Waals surface area contributed by atoms with Crippen molar-refractivity contribution in [2.75, 3.05) is 43.8 Å². The zero-order valence-corrected chi connectivity index (χ0v) is 14.3. The molecule has 0 fully saturated rings. The molecule has 0 aromatic heterocycles. The molecule has 2 rings (SSSR count). The summed E-state index contributed by atoms with van der Waals surface area (Å²) in [7, 11) is 0.394. The van der Waals surface area contributed by atoms with Crippen molar-refractivity contribution in [3.05, 3.63) is 42.0 Å². The van der Waals surface area contributed by atoms with E-state index >= 15 is 0 Å². The van der Waals surface area contributed by atoms with Crippen molar-refractivity contribution in [1.82, 2.24) is 10.2 Å². The summed E-state index contributed by atoms with van der Waals surface area (Å²) in [6.07, 6.45) is 3.90. The lowest BCUT2D eigenvalue weighted by Gasteiger charge is -2.19. The zero-order valence-electron chi connectivity index (χ0n) is 13.5. The van der Waals surface area contributed by atoms with E-state index in [2.05, 4.69) is 5.32 Å². The van der Waals surface area contributed by atoms with E-state index in [0.29, 0.717) is 13.1 Å². The molecule has 1 heterocycles. The second-order valence-electron chi connectivity index (χ2n) is 5.72. The number of fused-ring (bicyclic) bond motifs is 1. The van der Waals surface area contributed by atoms with E-state index in [-0.39, 0.29) is 18.2 Å². The lowest BCUT2D eigenvalue weighted by Crippen LogP contribution is -2.36. The second kappa shape index (κ2) is 7.61. The van der Waals surface area contributed by atoms with Crippen molar-refractivity contribution in [3.63, 3.8) is 0 Å². The Morgan fingerprint density at radius 1 is 1.35 bits per heavy atom. The van der Waals surface area contributed by atoms with E-state index in [4.69, 9.17) is 0 Å². The zero-order chi connectivity index (χ0) is 16.9. The van der Waals surface area contributed by atoms with Gasteiger partial charge >= 0.3 is 0 Å². The molecule has 7 heteroatoms. The minimum absolute atomic E-state index is 0.103. The van der Waals surface area contributed by atoms with Gasteiger partial charge in [-0.15, -0.1) is 0 Å². The van der Waals surface area contributed by atoms with Crippen LogP contribution in [0.4, 0.5) is 5.69 Å². The molecule has 0 radical (unpaired) electrons. The van der Waals surface area contributed by atoms with Crippen molar-refractivity contribution in [1.29, 1.82) is 0 Å². The smallest absolute Gasteiger partial charge is 0.243 e. The molecule has 0 atom stereocenters. The average Bonchev–Trinajstić information content (AvgIpc) is 2.91. The van der Waals surface area contributed by atoms with E-state index in [1.165, 1.54) is 10.4 Å².